The van der Waals surface area contributed by atoms with E-state index in [1.54, 1.807) is 6.07 Å². The van der Waals surface area contributed by atoms with Gasteiger partial charge in [0, 0.05) is 10.6 Å². The molecule has 0 bridgehead atoms. The van der Waals surface area contributed by atoms with E-state index >= 15 is 0 Å². The fourth-order valence-electron chi connectivity index (χ4n) is 2.44. The second-order valence-electron chi connectivity index (χ2n) is 6.56. The second kappa shape index (κ2) is 5.81. The highest BCUT2D eigenvalue weighted by atomic mass is 32.1. The quantitative estimate of drug-likeness (QED) is 0.904. The van der Waals surface area contributed by atoms with Crippen LogP contribution in [0.15, 0.2) is 6.07 Å². The van der Waals surface area contributed by atoms with Crippen molar-refractivity contribution in [3.63, 3.8) is 0 Å². The molecular weight excluding hydrogens is 312 g/mol. The van der Waals surface area contributed by atoms with Gasteiger partial charge in [0.2, 0.25) is 0 Å². The van der Waals surface area contributed by atoms with Gasteiger partial charge in [0.25, 0.3) is 11.8 Å². The minimum atomic E-state index is -0.543. The number of primary amides is 1. The number of hydrogen-bond acceptors (Lipinski definition) is 4. The highest BCUT2D eigenvalue weighted by Gasteiger charge is 2.23. The number of hydrogen-bond donors (Lipinski definition) is 2. The van der Waals surface area contributed by atoms with Crippen LogP contribution in [0, 0.1) is 20.8 Å². The molecule has 7 heteroatoms. The average molecular weight is 334 g/mol. The van der Waals surface area contributed by atoms with Crippen molar-refractivity contribution in [1.29, 1.82) is 0 Å². The van der Waals surface area contributed by atoms with Gasteiger partial charge in [-0.15, -0.1) is 11.3 Å². The number of amides is 2. The topological polar surface area (TPSA) is 90.0 Å². The first kappa shape index (κ1) is 17.2. The Hall–Kier alpha value is -2.15. The third-order valence-corrected chi connectivity index (χ3v) is 4.74. The van der Waals surface area contributed by atoms with Crippen molar-refractivity contribution in [1.82, 2.24) is 9.78 Å². The maximum Gasteiger partial charge on any atom is 0.276 e. The maximum atomic E-state index is 12.5. The highest BCUT2D eigenvalue weighted by Crippen LogP contribution is 2.32. The average Bonchev–Trinajstić information content (AvgIpc) is 2.91. The summed E-state index contributed by atoms with van der Waals surface area (Å²) in [6, 6.07) is 1.73. The predicted octanol–water partition coefficient (Wildman–Crippen LogP) is 2.98. The van der Waals surface area contributed by atoms with E-state index in [1.807, 2.05) is 46.2 Å². The van der Waals surface area contributed by atoms with Crippen LogP contribution >= 0.6 is 11.3 Å². The lowest BCUT2D eigenvalue weighted by Gasteiger charge is -2.21. The fourth-order valence-corrected chi connectivity index (χ4v) is 3.50. The van der Waals surface area contributed by atoms with Gasteiger partial charge in [0.1, 0.15) is 5.00 Å². The number of thiophene rings is 1. The fraction of sp³-hybridized carbons (Fsp3) is 0.438. The number of nitrogens with two attached hydrogens (primary N) is 1. The predicted molar refractivity (Wildman–Crippen MR) is 92.2 cm³/mol. The number of nitrogens with one attached hydrogen (secondary N) is 1. The number of aryl methyl sites for hydroxylation is 2. The zero-order valence-electron chi connectivity index (χ0n) is 14.3. The molecule has 2 amide bonds. The number of carbonyl (C=O) groups is 2. The summed E-state index contributed by atoms with van der Waals surface area (Å²) in [4.78, 5) is 25.0. The molecule has 2 aromatic rings. The van der Waals surface area contributed by atoms with Gasteiger partial charge in [-0.05, 0) is 53.2 Å². The molecule has 0 aliphatic heterocycles. The molecule has 6 nitrogen and oxygen atoms in total. The Morgan fingerprint density at radius 3 is 2.35 bits per heavy atom. The van der Waals surface area contributed by atoms with Crippen LogP contribution in [0.2, 0.25) is 0 Å². The van der Waals surface area contributed by atoms with Gasteiger partial charge < -0.3 is 11.1 Å². The summed E-state index contributed by atoms with van der Waals surface area (Å²) in [5.74, 6) is -0.890. The van der Waals surface area contributed by atoms with Gasteiger partial charge in [0.05, 0.1) is 11.1 Å². The number of rotatable bonds is 3. The molecule has 0 aliphatic carbocycles. The summed E-state index contributed by atoms with van der Waals surface area (Å²) >= 11 is 1.34. The van der Waals surface area contributed by atoms with E-state index < -0.39 is 5.91 Å². The molecule has 2 heterocycles. The molecule has 0 unspecified atom stereocenters. The molecule has 2 aromatic heterocycles. The van der Waals surface area contributed by atoms with E-state index in [4.69, 9.17) is 5.73 Å². The SMILES string of the molecule is Cc1sc(NC(=O)c2cc(C)n(C(C)(C)C)n2)c(C(N)=O)c1C. The van der Waals surface area contributed by atoms with Gasteiger partial charge in [-0.1, -0.05) is 0 Å². The summed E-state index contributed by atoms with van der Waals surface area (Å²) in [5, 5.41) is 7.61. The lowest BCUT2D eigenvalue weighted by molar-refractivity contribution is 0.100. The minimum absolute atomic E-state index is 0.211. The van der Waals surface area contributed by atoms with Gasteiger partial charge in [0.15, 0.2) is 5.69 Å². The summed E-state index contributed by atoms with van der Waals surface area (Å²) in [5.41, 5.74) is 7.60. The van der Waals surface area contributed by atoms with Crippen LogP contribution in [0.25, 0.3) is 0 Å². The van der Waals surface area contributed by atoms with Crippen LogP contribution in [0.5, 0.6) is 0 Å². The van der Waals surface area contributed by atoms with Crippen molar-refractivity contribution in [2.75, 3.05) is 5.32 Å². The van der Waals surface area contributed by atoms with Crippen LogP contribution in [-0.2, 0) is 5.54 Å². The van der Waals surface area contributed by atoms with Crippen molar-refractivity contribution in [2.24, 2.45) is 5.73 Å². The highest BCUT2D eigenvalue weighted by molar-refractivity contribution is 7.16. The molecule has 0 spiro atoms. The number of aromatic nitrogens is 2. The lowest BCUT2D eigenvalue weighted by Crippen LogP contribution is -2.25. The number of anilines is 1. The van der Waals surface area contributed by atoms with Crippen molar-refractivity contribution < 1.29 is 9.59 Å². The van der Waals surface area contributed by atoms with Gasteiger partial charge in [-0.2, -0.15) is 5.10 Å². The zero-order valence-corrected chi connectivity index (χ0v) is 15.1. The molecule has 0 radical (unpaired) electrons. The van der Waals surface area contributed by atoms with Crippen LogP contribution in [0.3, 0.4) is 0 Å². The summed E-state index contributed by atoms with van der Waals surface area (Å²) in [6.45, 7) is 11.7. The van der Waals surface area contributed by atoms with E-state index in [-0.39, 0.29) is 11.4 Å². The monoisotopic (exact) mass is 334 g/mol. The van der Waals surface area contributed by atoms with E-state index in [9.17, 15) is 9.59 Å². The van der Waals surface area contributed by atoms with E-state index in [0.29, 0.717) is 16.3 Å². The van der Waals surface area contributed by atoms with Crippen LogP contribution < -0.4 is 11.1 Å². The summed E-state index contributed by atoms with van der Waals surface area (Å²) < 4.78 is 1.81. The molecule has 0 aromatic carbocycles. The number of nitrogens with zero attached hydrogens (tertiary/aromatic N) is 2. The Morgan fingerprint density at radius 2 is 1.87 bits per heavy atom. The zero-order chi connectivity index (χ0) is 17.5. The first-order valence-corrected chi connectivity index (χ1v) is 8.12. The first-order valence-electron chi connectivity index (χ1n) is 7.30. The third-order valence-electron chi connectivity index (χ3n) is 3.61. The Kier molecular flexibility index (Phi) is 4.34. The van der Waals surface area contributed by atoms with Crippen LogP contribution in [-0.4, -0.2) is 21.6 Å². The van der Waals surface area contributed by atoms with Gasteiger partial charge in [-0.3, -0.25) is 14.3 Å². The maximum absolute atomic E-state index is 12.5. The van der Waals surface area contributed by atoms with Crippen LogP contribution in [0.4, 0.5) is 5.00 Å². The molecule has 0 saturated heterocycles. The summed E-state index contributed by atoms with van der Waals surface area (Å²) in [6.07, 6.45) is 0. The lowest BCUT2D eigenvalue weighted by atomic mass is 10.1. The smallest absolute Gasteiger partial charge is 0.276 e. The molecule has 124 valence electrons. The Balaban J connectivity index is 2.34. The Labute approximate surface area is 139 Å². The van der Waals surface area contributed by atoms with Crippen molar-refractivity contribution in [3.8, 4) is 0 Å². The van der Waals surface area contributed by atoms with Crippen LogP contribution in [0.1, 0.15) is 57.8 Å². The molecular formula is C16H22N4O2S. The molecule has 2 rings (SSSR count). The normalized spacial score (nSPS) is 11.6. The summed E-state index contributed by atoms with van der Waals surface area (Å²) in [7, 11) is 0. The molecule has 0 fully saturated rings. The Bertz CT molecular complexity index is 781. The minimum Gasteiger partial charge on any atom is -0.365 e. The van der Waals surface area contributed by atoms with E-state index in [0.717, 1.165) is 16.1 Å². The largest absolute Gasteiger partial charge is 0.365 e. The second-order valence-corrected chi connectivity index (χ2v) is 7.78. The standard InChI is InChI=1S/C16H22N4O2S/c1-8-7-11(19-20(8)16(4,5)6)14(22)18-15-12(13(17)21)9(2)10(3)23-15/h7H,1-6H3,(H2,17,21)(H,18,22). The molecule has 0 saturated carbocycles. The van der Waals surface area contributed by atoms with E-state index in [2.05, 4.69) is 10.4 Å². The Morgan fingerprint density at radius 1 is 1.26 bits per heavy atom. The third kappa shape index (κ3) is 3.29. The van der Waals surface area contributed by atoms with E-state index in [1.165, 1.54) is 11.3 Å². The van der Waals surface area contributed by atoms with Crippen molar-refractivity contribution >= 4 is 28.2 Å². The van der Waals surface area contributed by atoms with Crippen molar-refractivity contribution in [3.05, 3.63) is 33.5 Å². The first-order chi connectivity index (χ1) is 10.5. The molecule has 3 N–H and O–H groups in total. The molecule has 23 heavy (non-hydrogen) atoms. The molecule has 0 aliphatic rings. The van der Waals surface area contributed by atoms with Gasteiger partial charge >= 0.3 is 0 Å². The number of carbonyl (C=O) groups excluding carboxylic acids is 2. The molecule has 0 atom stereocenters. The van der Waals surface area contributed by atoms with Gasteiger partial charge in [-0.25, -0.2) is 0 Å². The van der Waals surface area contributed by atoms with Crippen molar-refractivity contribution in [2.45, 2.75) is 47.1 Å².